The summed E-state index contributed by atoms with van der Waals surface area (Å²) in [4.78, 5) is 26.6. The fourth-order valence-electron chi connectivity index (χ4n) is 4.25. The van der Waals surface area contributed by atoms with E-state index in [1.807, 2.05) is 17.0 Å². The van der Waals surface area contributed by atoms with Gasteiger partial charge in [-0.1, -0.05) is 25.5 Å². The van der Waals surface area contributed by atoms with Gasteiger partial charge in [-0.15, -0.1) is 0 Å². The van der Waals surface area contributed by atoms with Crippen LogP contribution in [-0.4, -0.2) is 62.2 Å². The van der Waals surface area contributed by atoms with Crippen LogP contribution in [0, 0.1) is 0 Å². The van der Waals surface area contributed by atoms with Gasteiger partial charge in [0.1, 0.15) is 11.3 Å². The van der Waals surface area contributed by atoms with Crippen molar-refractivity contribution in [2.45, 2.75) is 66.2 Å². The number of hydrogen-bond donors (Lipinski definition) is 0. The molecular formula is C29H45BrN2O4. The maximum atomic E-state index is 12.7. The van der Waals surface area contributed by atoms with Crippen LogP contribution < -0.4 is 27.3 Å². The van der Waals surface area contributed by atoms with E-state index in [2.05, 4.69) is 47.9 Å². The molecule has 2 rings (SSSR count). The molecule has 0 aliphatic carbocycles. The van der Waals surface area contributed by atoms with E-state index in [0.717, 1.165) is 68.4 Å². The number of fused-ring (bicyclic) bond motifs is 1. The predicted octanol–water partition coefficient (Wildman–Crippen LogP) is 2.58. The van der Waals surface area contributed by atoms with Crippen LogP contribution in [-0.2, 0) is 11.2 Å². The molecule has 0 N–H and O–H groups in total. The Hall–Kier alpha value is -2.12. The van der Waals surface area contributed by atoms with Crippen molar-refractivity contribution < 1.29 is 35.4 Å². The Balaban J connectivity index is 0.00000648. The summed E-state index contributed by atoms with van der Waals surface area (Å²) >= 11 is 0. The molecule has 0 saturated carbocycles. The standard InChI is InChI=1S/C29H45N2O4.BrH/c1-7-18-30(19-8-2)27(32)22-31(5,6)20-10-9-11-21-34-26-16-13-24-14-17-28(33)35-29(24)25(26)15-12-23(3)4;/h12-14,16-17H,7-11,15,18-22H2,1-6H3;1H/q+1;/p-1. The lowest BCUT2D eigenvalue weighted by molar-refractivity contribution is -0.883. The highest BCUT2D eigenvalue weighted by Gasteiger charge is 2.23. The smallest absolute Gasteiger partial charge is 0.336 e. The third-order valence-corrected chi connectivity index (χ3v) is 6.13. The van der Waals surface area contributed by atoms with Crippen LogP contribution in [0.25, 0.3) is 11.0 Å². The number of carbonyl (C=O) groups is 1. The second-order valence-electron chi connectivity index (χ2n) is 10.3. The Morgan fingerprint density at radius 3 is 2.33 bits per heavy atom. The monoisotopic (exact) mass is 564 g/mol. The fourth-order valence-corrected chi connectivity index (χ4v) is 4.25. The molecule has 0 aliphatic rings. The molecule has 0 saturated heterocycles. The van der Waals surface area contributed by atoms with E-state index >= 15 is 0 Å². The number of halogens is 1. The molecule has 7 heteroatoms. The first-order valence-electron chi connectivity index (χ1n) is 13.1. The Labute approximate surface area is 227 Å². The van der Waals surface area contributed by atoms with Gasteiger partial charge in [0.25, 0.3) is 5.91 Å². The van der Waals surface area contributed by atoms with Gasteiger partial charge in [0.2, 0.25) is 0 Å². The van der Waals surface area contributed by atoms with E-state index in [9.17, 15) is 9.59 Å². The fraction of sp³-hybridized carbons (Fsp3) is 0.586. The average Bonchev–Trinajstić information content (AvgIpc) is 2.79. The molecule has 0 bridgehead atoms. The Kier molecular flexibility index (Phi) is 14.1. The average molecular weight is 566 g/mol. The lowest BCUT2D eigenvalue weighted by Gasteiger charge is -2.32. The summed E-state index contributed by atoms with van der Waals surface area (Å²) < 4.78 is 12.4. The van der Waals surface area contributed by atoms with E-state index < -0.39 is 0 Å². The Morgan fingerprint density at radius 1 is 1.03 bits per heavy atom. The van der Waals surface area contributed by atoms with Crippen molar-refractivity contribution in [3.8, 4) is 5.75 Å². The molecular weight excluding hydrogens is 520 g/mol. The molecule has 0 radical (unpaired) electrons. The minimum Gasteiger partial charge on any atom is -1.00 e. The zero-order chi connectivity index (χ0) is 25.8. The molecule has 1 amide bonds. The number of benzene rings is 1. The zero-order valence-corrected chi connectivity index (χ0v) is 24.7. The largest absolute Gasteiger partial charge is 1.00 e. The SMILES string of the molecule is CCCN(CCC)C(=O)C[N+](C)(C)CCCCCOc1ccc2ccc(=O)oc2c1CC=C(C)C.[Br-]. The first-order valence-corrected chi connectivity index (χ1v) is 13.1. The molecule has 6 nitrogen and oxygen atoms in total. The van der Waals surface area contributed by atoms with Gasteiger partial charge < -0.3 is 35.5 Å². The van der Waals surface area contributed by atoms with Gasteiger partial charge in [-0.3, -0.25) is 4.79 Å². The van der Waals surface area contributed by atoms with Crippen molar-refractivity contribution >= 4 is 16.9 Å². The zero-order valence-electron chi connectivity index (χ0n) is 23.1. The first kappa shape index (κ1) is 31.9. The maximum absolute atomic E-state index is 12.7. The lowest BCUT2D eigenvalue weighted by Crippen LogP contribution is -3.00. The summed E-state index contributed by atoms with van der Waals surface area (Å²) in [5.41, 5.74) is 2.38. The van der Waals surface area contributed by atoms with Gasteiger partial charge in [0, 0.05) is 30.1 Å². The molecule has 0 atom stereocenters. The van der Waals surface area contributed by atoms with Crippen molar-refractivity contribution in [3.05, 3.63) is 51.9 Å². The number of rotatable bonds is 15. The molecule has 1 aromatic heterocycles. The van der Waals surface area contributed by atoms with Gasteiger partial charge in [-0.25, -0.2) is 4.79 Å². The molecule has 0 unspecified atom stereocenters. The molecule has 1 heterocycles. The van der Waals surface area contributed by atoms with Crippen LogP contribution in [0.15, 0.2) is 45.1 Å². The topological polar surface area (TPSA) is 59.8 Å². The summed E-state index contributed by atoms with van der Waals surface area (Å²) in [6.07, 6.45) is 7.80. The van der Waals surface area contributed by atoms with Crippen LogP contribution in [0.1, 0.15) is 65.4 Å². The highest BCUT2D eigenvalue weighted by atomic mass is 79.9. The normalized spacial score (nSPS) is 11.2. The molecule has 202 valence electrons. The summed E-state index contributed by atoms with van der Waals surface area (Å²) in [7, 11) is 4.28. The van der Waals surface area contributed by atoms with Gasteiger partial charge in [0.05, 0.1) is 27.2 Å². The van der Waals surface area contributed by atoms with E-state index in [4.69, 9.17) is 9.15 Å². The Bertz CT molecular complexity index is 1040. The van der Waals surface area contributed by atoms with Crippen molar-refractivity contribution in [2.24, 2.45) is 0 Å². The highest BCUT2D eigenvalue weighted by Crippen LogP contribution is 2.28. The Morgan fingerprint density at radius 2 is 1.69 bits per heavy atom. The summed E-state index contributed by atoms with van der Waals surface area (Å²) in [6.45, 7) is 12.2. The third kappa shape index (κ3) is 10.5. The number of allylic oxidation sites excluding steroid dienone is 2. The van der Waals surface area contributed by atoms with E-state index in [0.29, 0.717) is 29.6 Å². The molecule has 2 aromatic rings. The van der Waals surface area contributed by atoms with Crippen LogP contribution in [0.2, 0.25) is 0 Å². The number of unbranched alkanes of at least 4 members (excludes halogenated alkanes) is 2. The highest BCUT2D eigenvalue weighted by molar-refractivity contribution is 5.82. The molecule has 36 heavy (non-hydrogen) atoms. The van der Waals surface area contributed by atoms with Crippen molar-refractivity contribution in [3.63, 3.8) is 0 Å². The second-order valence-corrected chi connectivity index (χ2v) is 10.3. The maximum Gasteiger partial charge on any atom is 0.336 e. The number of hydrogen-bond acceptors (Lipinski definition) is 4. The van der Waals surface area contributed by atoms with Crippen molar-refractivity contribution in [1.29, 1.82) is 0 Å². The number of quaternary nitrogens is 1. The molecule has 1 aromatic carbocycles. The summed E-state index contributed by atoms with van der Waals surface area (Å²) in [5, 5.41) is 0.903. The number of carbonyl (C=O) groups excluding carboxylic acids is 1. The third-order valence-electron chi connectivity index (χ3n) is 6.13. The van der Waals surface area contributed by atoms with Gasteiger partial charge in [-0.2, -0.15) is 0 Å². The second kappa shape index (κ2) is 15.9. The number of likely N-dealkylation sites (N-methyl/N-ethyl adjacent to an activating group) is 1. The van der Waals surface area contributed by atoms with Crippen LogP contribution in [0.4, 0.5) is 0 Å². The van der Waals surface area contributed by atoms with Crippen LogP contribution in [0.5, 0.6) is 5.75 Å². The number of amides is 1. The van der Waals surface area contributed by atoms with Gasteiger partial charge >= 0.3 is 5.63 Å². The van der Waals surface area contributed by atoms with Crippen LogP contribution >= 0.6 is 0 Å². The predicted molar refractivity (Wildman–Crippen MR) is 144 cm³/mol. The quantitative estimate of drug-likeness (QED) is 0.144. The molecule has 0 aliphatic heterocycles. The molecule has 0 spiro atoms. The molecule has 0 fully saturated rings. The number of ether oxygens (including phenoxy) is 1. The van der Waals surface area contributed by atoms with E-state index in [1.54, 1.807) is 6.07 Å². The summed E-state index contributed by atoms with van der Waals surface area (Å²) in [6, 6.07) is 7.16. The minimum absolute atomic E-state index is 0. The van der Waals surface area contributed by atoms with E-state index in [-0.39, 0.29) is 28.5 Å². The van der Waals surface area contributed by atoms with Gasteiger partial charge in [-0.05, 0) is 70.6 Å². The first-order chi connectivity index (χ1) is 16.7. The summed E-state index contributed by atoms with van der Waals surface area (Å²) in [5.74, 6) is 1.03. The minimum atomic E-state index is -0.347. The lowest BCUT2D eigenvalue weighted by atomic mass is 10.1. The van der Waals surface area contributed by atoms with Crippen molar-refractivity contribution in [2.75, 3.05) is 46.9 Å². The van der Waals surface area contributed by atoms with Gasteiger partial charge in [0.15, 0.2) is 6.54 Å². The van der Waals surface area contributed by atoms with Crippen LogP contribution in [0.3, 0.4) is 0 Å². The van der Waals surface area contributed by atoms with Crippen molar-refractivity contribution in [1.82, 2.24) is 4.90 Å². The number of nitrogens with zero attached hydrogens (tertiary/aromatic N) is 2. The van der Waals surface area contributed by atoms with E-state index in [1.165, 1.54) is 11.6 Å².